The van der Waals surface area contributed by atoms with Crippen LogP contribution < -0.4 is 4.89 Å². The SMILES string of the molecule is CCOC[P+]([O-])=CC(C(=O)O)C(=O)C(=O)OCC. The second kappa shape index (κ2) is 8.74. The fourth-order valence-corrected chi connectivity index (χ4v) is 2.01. The van der Waals surface area contributed by atoms with E-state index in [4.69, 9.17) is 9.84 Å². The Hall–Kier alpha value is -1.30. The molecule has 0 aromatic rings. The van der Waals surface area contributed by atoms with Crippen molar-refractivity contribution in [1.29, 1.82) is 0 Å². The quantitative estimate of drug-likeness (QED) is 0.272. The summed E-state index contributed by atoms with van der Waals surface area (Å²) >= 11 is 0. The van der Waals surface area contributed by atoms with Crippen molar-refractivity contribution in [3.8, 4) is 0 Å². The number of hydrogen-bond acceptors (Lipinski definition) is 6. The van der Waals surface area contributed by atoms with E-state index in [1.54, 1.807) is 6.92 Å². The van der Waals surface area contributed by atoms with Crippen LogP contribution in [0.1, 0.15) is 13.8 Å². The molecular formula is C10H15O7P. The van der Waals surface area contributed by atoms with Gasteiger partial charge in [0, 0.05) is 6.61 Å². The molecule has 0 bridgehead atoms. The molecule has 0 heterocycles. The number of ketones is 1. The predicted octanol–water partition coefficient (Wildman–Crippen LogP) is -0.627. The van der Waals surface area contributed by atoms with Crippen LogP contribution >= 0.6 is 7.77 Å². The second-order valence-corrected chi connectivity index (χ2v) is 4.48. The number of carboxylic acid groups (broad SMARTS) is 1. The number of hydrogen-bond donors (Lipinski definition) is 1. The Balaban J connectivity index is 4.81. The van der Waals surface area contributed by atoms with Crippen LogP contribution in [0.15, 0.2) is 0 Å². The summed E-state index contributed by atoms with van der Waals surface area (Å²) in [5.74, 6) is -5.02. The topological polar surface area (TPSA) is 113 Å². The molecule has 7 nitrogen and oxygen atoms in total. The number of rotatable bonds is 8. The molecular weight excluding hydrogens is 263 g/mol. The summed E-state index contributed by atoms with van der Waals surface area (Å²) in [7, 11) is -2.13. The van der Waals surface area contributed by atoms with Crippen molar-refractivity contribution in [3.63, 3.8) is 0 Å². The summed E-state index contributed by atoms with van der Waals surface area (Å²) < 4.78 is 9.23. The van der Waals surface area contributed by atoms with Crippen LogP contribution in [0.2, 0.25) is 0 Å². The normalized spacial score (nSPS) is 12.9. The lowest BCUT2D eigenvalue weighted by atomic mass is 10.1. The molecule has 0 radical (unpaired) electrons. The summed E-state index contributed by atoms with van der Waals surface area (Å²) in [4.78, 5) is 44.8. The van der Waals surface area contributed by atoms with E-state index in [9.17, 15) is 19.3 Å². The molecule has 0 rings (SSSR count). The number of Topliss-reactive ketones (excluding diaryl/α,β-unsaturated/α-hetero) is 1. The minimum absolute atomic E-state index is 0.0397. The average Bonchev–Trinajstić information content (AvgIpc) is 2.32. The average molecular weight is 278 g/mol. The minimum Gasteiger partial charge on any atom is -0.629 e. The lowest BCUT2D eigenvalue weighted by Gasteiger charge is -2.05. The molecule has 102 valence electrons. The molecule has 8 heteroatoms. The first kappa shape index (κ1) is 16.7. The first-order valence-electron chi connectivity index (χ1n) is 5.24. The number of carbonyl (C=O) groups is 3. The Kier molecular flexibility index (Phi) is 8.11. The highest BCUT2D eigenvalue weighted by molar-refractivity contribution is 7.50. The lowest BCUT2D eigenvalue weighted by molar-refractivity contribution is -0.159. The van der Waals surface area contributed by atoms with E-state index in [-0.39, 0.29) is 13.0 Å². The van der Waals surface area contributed by atoms with Gasteiger partial charge in [0.2, 0.25) is 6.35 Å². The largest absolute Gasteiger partial charge is 0.629 e. The second-order valence-electron chi connectivity index (χ2n) is 3.09. The van der Waals surface area contributed by atoms with Gasteiger partial charge in [0.15, 0.2) is 5.92 Å². The molecule has 0 aliphatic carbocycles. The first-order chi connectivity index (χ1) is 8.43. The van der Waals surface area contributed by atoms with Crippen molar-refractivity contribution in [1.82, 2.24) is 0 Å². The van der Waals surface area contributed by atoms with Crippen molar-refractivity contribution in [2.75, 3.05) is 19.6 Å². The third-order valence-electron chi connectivity index (χ3n) is 1.76. The molecule has 0 aromatic heterocycles. The van der Waals surface area contributed by atoms with E-state index in [1.807, 2.05) is 0 Å². The number of carboxylic acids is 1. The minimum atomic E-state index is -2.13. The lowest BCUT2D eigenvalue weighted by Crippen LogP contribution is -2.33. The summed E-state index contributed by atoms with van der Waals surface area (Å²) in [6.07, 6.45) is -0.189. The fraction of sp³-hybridized carbons (Fsp3) is 0.600. The summed E-state index contributed by atoms with van der Waals surface area (Å²) in [6.45, 7) is 3.45. The van der Waals surface area contributed by atoms with Crippen molar-refractivity contribution < 1.29 is 33.9 Å². The Morgan fingerprint density at radius 1 is 1.33 bits per heavy atom. The van der Waals surface area contributed by atoms with Crippen LogP contribution in [0.25, 0.3) is 0 Å². The van der Waals surface area contributed by atoms with Crippen molar-refractivity contribution >= 4 is 31.3 Å². The van der Waals surface area contributed by atoms with Crippen LogP contribution in [0, 0.1) is 5.92 Å². The summed E-state index contributed by atoms with van der Waals surface area (Å²) in [5.41, 5.74) is 0. The molecule has 0 amide bonds. The summed E-state index contributed by atoms with van der Waals surface area (Å²) in [6, 6.07) is 0. The molecule has 0 aliphatic heterocycles. The van der Waals surface area contributed by atoms with Gasteiger partial charge in [-0.3, -0.25) is 9.59 Å². The molecule has 1 N–H and O–H groups in total. The van der Waals surface area contributed by atoms with Gasteiger partial charge < -0.3 is 19.5 Å². The number of esters is 1. The Morgan fingerprint density at radius 3 is 2.39 bits per heavy atom. The van der Waals surface area contributed by atoms with Crippen LogP contribution in [0.3, 0.4) is 0 Å². The number of aliphatic carboxylic acids is 1. The Bertz CT molecular complexity index is 350. The maximum Gasteiger partial charge on any atom is 0.376 e. The van der Waals surface area contributed by atoms with Gasteiger partial charge in [-0.25, -0.2) is 4.79 Å². The molecule has 2 atom stereocenters. The molecule has 2 unspecified atom stereocenters. The Morgan fingerprint density at radius 2 is 1.94 bits per heavy atom. The number of ether oxygens (including phenoxy) is 2. The zero-order valence-electron chi connectivity index (χ0n) is 10.1. The third-order valence-corrected chi connectivity index (χ3v) is 2.83. The smallest absolute Gasteiger partial charge is 0.376 e. The maximum atomic E-state index is 11.4. The molecule has 0 saturated heterocycles. The van der Waals surface area contributed by atoms with Gasteiger partial charge in [-0.05, 0) is 13.8 Å². The van der Waals surface area contributed by atoms with Gasteiger partial charge in [-0.2, -0.15) is 0 Å². The van der Waals surface area contributed by atoms with Gasteiger partial charge >= 0.3 is 11.9 Å². The van der Waals surface area contributed by atoms with Crippen LogP contribution in [-0.2, 0) is 23.9 Å². The highest BCUT2D eigenvalue weighted by Gasteiger charge is 2.33. The Labute approximate surface area is 105 Å². The van der Waals surface area contributed by atoms with E-state index in [0.29, 0.717) is 6.61 Å². The van der Waals surface area contributed by atoms with Crippen LogP contribution in [0.5, 0.6) is 0 Å². The molecule has 18 heavy (non-hydrogen) atoms. The molecule has 0 fully saturated rings. The van der Waals surface area contributed by atoms with E-state index >= 15 is 0 Å². The van der Waals surface area contributed by atoms with E-state index in [1.165, 1.54) is 6.92 Å². The standard InChI is InChI=1S/C10H15O7P/c1-3-16-6-18(15)5-7(9(12)13)8(11)10(14)17-4-2/h5,7H,3-4,6H2,1-2H3,(H,12,13). The van der Waals surface area contributed by atoms with E-state index in [2.05, 4.69) is 4.74 Å². The van der Waals surface area contributed by atoms with Crippen molar-refractivity contribution in [2.24, 2.45) is 5.92 Å². The monoisotopic (exact) mass is 278 g/mol. The first-order valence-corrected chi connectivity index (χ1v) is 6.75. The van der Waals surface area contributed by atoms with Crippen molar-refractivity contribution in [3.05, 3.63) is 0 Å². The van der Waals surface area contributed by atoms with Crippen molar-refractivity contribution in [2.45, 2.75) is 13.8 Å². The maximum absolute atomic E-state index is 11.4. The summed E-state index contributed by atoms with van der Waals surface area (Å²) in [5, 5.41) is 8.81. The zero-order valence-corrected chi connectivity index (χ0v) is 11.0. The predicted molar refractivity (Wildman–Crippen MR) is 62.2 cm³/mol. The molecule has 0 aliphatic rings. The molecule has 0 spiro atoms. The van der Waals surface area contributed by atoms with Gasteiger partial charge in [0.05, 0.1) is 14.4 Å². The number of carbonyl (C=O) groups excluding carboxylic acids is 2. The van der Waals surface area contributed by atoms with Gasteiger partial charge in [0.25, 0.3) is 5.78 Å². The van der Waals surface area contributed by atoms with E-state index in [0.717, 1.165) is 5.80 Å². The van der Waals surface area contributed by atoms with Gasteiger partial charge in [-0.15, -0.1) is 0 Å². The molecule has 0 saturated carbocycles. The zero-order chi connectivity index (χ0) is 14.1. The van der Waals surface area contributed by atoms with Crippen LogP contribution in [-0.4, -0.2) is 48.2 Å². The fourth-order valence-electron chi connectivity index (χ4n) is 0.963. The van der Waals surface area contributed by atoms with Gasteiger partial charge in [0.1, 0.15) is 5.80 Å². The highest BCUT2D eigenvalue weighted by Crippen LogP contribution is 2.13. The van der Waals surface area contributed by atoms with E-state index < -0.39 is 31.4 Å². The third kappa shape index (κ3) is 5.86. The van der Waals surface area contributed by atoms with Crippen LogP contribution in [0.4, 0.5) is 0 Å². The highest BCUT2D eigenvalue weighted by atomic mass is 31.1. The molecule has 0 aromatic carbocycles. The van der Waals surface area contributed by atoms with Gasteiger partial charge in [-0.1, -0.05) is 0 Å².